The summed E-state index contributed by atoms with van der Waals surface area (Å²) in [6, 6.07) is 0. The second kappa shape index (κ2) is 11.9. The van der Waals surface area contributed by atoms with Crippen LogP contribution in [0.25, 0.3) is 0 Å². The maximum atomic E-state index is 5.93. The van der Waals surface area contributed by atoms with E-state index in [0.717, 1.165) is 83.3 Å². The van der Waals surface area contributed by atoms with E-state index < -0.39 is 0 Å². The van der Waals surface area contributed by atoms with Crippen LogP contribution < -0.4 is 5.32 Å². The standard InChI is InChI=1S/C19H35N5O2/c1-17-21-10-14-23(17)11-5-4-9-22-19(20-2)24-12-7-18(8-13-24)26-16-6-15-25-3/h10,14,18H,4-9,11-13,15-16H2,1-3H3,(H,20,22). The number of nitrogens with zero attached hydrogens (tertiary/aromatic N) is 4. The predicted molar refractivity (Wildman–Crippen MR) is 105 cm³/mol. The maximum Gasteiger partial charge on any atom is 0.193 e. The van der Waals surface area contributed by atoms with Gasteiger partial charge in [0.1, 0.15) is 5.82 Å². The molecule has 26 heavy (non-hydrogen) atoms. The molecule has 148 valence electrons. The number of unbranched alkanes of at least 4 members (excludes halogenated alkanes) is 1. The molecule has 0 radical (unpaired) electrons. The van der Waals surface area contributed by atoms with E-state index in [1.165, 1.54) is 0 Å². The number of methoxy groups -OCH3 is 1. The molecule has 0 aromatic carbocycles. The van der Waals surface area contributed by atoms with Crippen LogP contribution in [0.5, 0.6) is 0 Å². The van der Waals surface area contributed by atoms with Crippen molar-refractivity contribution in [3.63, 3.8) is 0 Å². The van der Waals surface area contributed by atoms with Crippen LogP contribution in [0, 0.1) is 6.92 Å². The molecular weight excluding hydrogens is 330 g/mol. The number of nitrogens with one attached hydrogen (secondary N) is 1. The van der Waals surface area contributed by atoms with E-state index in [1.807, 2.05) is 26.4 Å². The minimum Gasteiger partial charge on any atom is -0.385 e. The molecular formula is C19H35N5O2. The Kier molecular flexibility index (Phi) is 9.48. The predicted octanol–water partition coefficient (Wildman–Crippen LogP) is 2.06. The van der Waals surface area contributed by atoms with Gasteiger partial charge in [0.05, 0.1) is 6.10 Å². The highest BCUT2D eigenvalue weighted by Gasteiger charge is 2.21. The number of aromatic nitrogens is 2. The van der Waals surface area contributed by atoms with Gasteiger partial charge in [0.25, 0.3) is 0 Å². The first-order valence-corrected chi connectivity index (χ1v) is 9.78. The van der Waals surface area contributed by atoms with Gasteiger partial charge in [-0.2, -0.15) is 0 Å². The van der Waals surface area contributed by atoms with Crippen molar-refractivity contribution in [3.05, 3.63) is 18.2 Å². The number of ether oxygens (including phenoxy) is 2. The van der Waals surface area contributed by atoms with Crippen molar-refractivity contribution >= 4 is 5.96 Å². The van der Waals surface area contributed by atoms with E-state index >= 15 is 0 Å². The second-order valence-corrected chi connectivity index (χ2v) is 6.75. The van der Waals surface area contributed by atoms with Crippen molar-refractivity contribution in [3.8, 4) is 0 Å². The Labute approximate surface area is 157 Å². The maximum absolute atomic E-state index is 5.93. The van der Waals surface area contributed by atoms with Crippen LogP contribution in [0.2, 0.25) is 0 Å². The molecule has 0 bridgehead atoms. The summed E-state index contributed by atoms with van der Waals surface area (Å²) in [5.74, 6) is 2.10. The highest BCUT2D eigenvalue weighted by Crippen LogP contribution is 2.14. The van der Waals surface area contributed by atoms with Crippen molar-refractivity contribution in [2.45, 2.75) is 51.7 Å². The van der Waals surface area contributed by atoms with Gasteiger partial charge in [0.15, 0.2) is 5.96 Å². The molecule has 2 rings (SSSR count). The average molecular weight is 366 g/mol. The third-order valence-corrected chi connectivity index (χ3v) is 4.83. The van der Waals surface area contributed by atoms with Gasteiger partial charge < -0.3 is 24.3 Å². The number of aryl methyl sites for hydroxylation is 2. The minimum absolute atomic E-state index is 0.375. The number of likely N-dealkylation sites (tertiary alicyclic amines) is 1. The van der Waals surface area contributed by atoms with E-state index in [0.29, 0.717) is 6.10 Å². The zero-order valence-electron chi connectivity index (χ0n) is 16.6. The van der Waals surface area contributed by atoms with Crippen LogP contribution in [0.3, 0.4) is 0 Å². The van der Waals surface area contributed by atoms with Crippen molar-refractivity contribution in [1.82, 2.24) is 19.8 Å². The first-order valence-electron chi connectivity index (χ1n) is 9.78. The van der Waals surface area contributed by atoms with Gasteiger partial charge in [-0.15, -0.1) is 0 Å². The Hall–Kier alpha value is -1.60. The Balaban J connectivity index is 1.58. The summed E-state index contributed by atoms with van der Waals surface area (Å²) < 4.78 is 13.2. The van der Waals surface area contributed by atoms with Crippen LogP contribution in [0.4, 0.5) is 0 Å². The van der Waals surface area contributed by atoms with E-state index in [-0.39, 0.29) is 0 Å². The lowest BCUT2D eigenvalue weighted by Gasteiger charge is -2.34. The number of aliphatic imine (C=N–C) groups is 1. The Morgan fingerprint density at radius 3 is 2.73 bits per heavy atom. The van der Waals surface area contributed by atoms with Crippen molar-refractivity contribution in [2.75, 3.05) is 47.0 Å². The molecule has 0 spiro atoms. The molecule has 0 unspecified atom stereocenters. The number of guanidine groups is 1. The van der Waals surface area contributed by atoms with E-state index in [2.05, 4.69) is 24.8 Å². The summed E-state index contributed by atoms with van der Waals surface area (Å²) in [5.41, 5.74) is 0. The highest BCUT2D eigenvalue weighted by atomic mass is 16.5. The molecule has 0 aliphatic carbocycles. The lowest BCUT2D eigenvalue weighted by Crippen LogP contribution is -2.47. The summed E-state index contributed by atoms with van der Waals surface area (Å²) in [4.78, 5) is 11.0. The highest BCUT2D eigenvalue weighted by molar-refractivity contribution is 5.79. The van der Waals surface area contributed by atoms with Crippen LogP contribution in [-0.2, 0) is 16.0 Å². The largest absolute Gasteiger partial charge is 0.385 e. The molecule has 0 amide bonds. The van der Waals surface area contributed by atoms with Crippen molar-refractivity contribution < 1.29 is 9.47 Å². The molecule has 0 saturated carbocycles. The second-order valence-electron chi connectivity index (χ2n) is 6.75. The van der Waals surface area contributed by atoms with E-state index in [4.69, 9.17) is 9.47 Å². The van der Waals surface area contributed by atoms with Gasteiger partial charge in [-0.1, -0.05) is 0 Å². The lowest BCUT2D eigenvalue weighted by atomic mass is 10.1. The fourth-order valence-corrected chi connectivity index (χ4v) is 3.27. The quantitative estimate of drug-likeness (QED) is 0.391. The molecule has 1 fully saturated rings. The Morgan fingerprint density at radius 1 is 1.27 bits per heavy atom. The summed E-state index contributed by atoms with van der Waals surface area (Å²) >= 11 is 0. The SMILES string of the molecule is CN=C(NCCCCn1ccnc1C)N1CCC(OCCCOC)CC1. The number of hydrogen-bond donors (Lipinski definition) is 1. The first kappa shape index (κ1) is 20.7. The molecule has 7 heteroatoms. The van der Waals surface area contributed by atoms with Gasteiger partial charge in [0, 0.05) is 65.9 Å². The van der Waals surface area contributed by atoms with Gasteiger partial charge in [-0.3, -0.25) is 4.99 Å². The number of imidazole rings is 1. The molecule has 0 atom stereocenters. The molecule has 1 aliphatic heterocycles. The van der Waals surface area contributed by atoms with Gasteiger partial charge in [-0.25, -0.2) is 4.98 Å². The average Bonchev–Trinajstić information content (AvgIpc) is 3.07. The van der Waals surface area contributed by atoms with Crippen LogP contribution in [0.15, 0.2) is 17.4 Å². The zero-order chi connectivity index (χ0) is 18.6. The minimum atomic E-state index is 0.375. The van der Waals surface area contributed by atoms with Crippen LogP contribution in [-0.4, -0.2) is 73.5 Å². The molecule has 1 N–H and O–H groups in total. The fraction of sp³-hybridized carbons (Fsp3) is 0.789. The molecule has 1 saturated heterocycles. The number of rotatable bonds is 10. The Bertz CT molecular complexity index is 524. The van der Waals surface area contributed by atoms with Gasteiger partial charge in [0.2, 0.25) is 0 Å². The van der Waals surface area contributed by atoms with Crippen LogP contribution >= 0.6 is 0 Å². The third-order valence-electron chi connectivity index (χ3n) is 4.83. The first-order chi connectivity index (χ1) is 12.7. The van der Waals surface area contributed by atoms with Gasteiger partial charge >= 0.3 is 0 Å². The van der Waals surface area contributed by atoms with E-state index in [9.17, 15) is 0 Å². The number of piperidine rings is 1. The molecule has 2 heterocycles. The van der Waals surface area contributed by atoms with Gasteiger partial charge in [-0.05, 0) is 39.0 Å². The summed E-state index contributed by atoms with van der Waals surface area (Å²) in [7, 11) is 3.60. The monoisotopic (exact) mass is 365 g/mol. The van der Waals surface area contributed by atoms with Crippen LogP contribution in [0.1, 0.15) is 37.9 Å². The summed E-state index contributed by atoms with van der Waals surface area (Å²) in [5, 5.41) is 3.50. The van der Waals surface area contributed by atoms with E-state index in [1.54, 1.807) is 7.11 Å². The molecule has 7 nitrogen and oxygen atoms in total. The smallest absolute Gasteiger partial charge is 0.193 e. The van der Waals surface area contributed by atoms with Crippen molar-refractivity contribution in [2.24, 2.45) is 4.99 Å². The molecule has 1 aromatic rings. The Morgan fingerprint density at radius 2 is 2.08 bits per heavy atom. The summed E-state index contributed by atoms with van der Waals surface area (Å²) in [6.07, 6.45) is 9.64. The normalized spacial score (nSPS) is 16.3. The molecule has 1 aliphatic rings. The topological polar surface area (TPSA) is 63.9 Å². The fourth-order valence-electron chi connectivity index (χ4n) is 3.27. The third kappa shape index (κ3) is 6.96. The number of hydrogen-bond acceptors (Lipinski definition) is 4. The summed E-state index contributed by atoms with van der Waals surface area (Å²) in [6.45, 7) is 7.60. The molecule has 1 aromatic heterocycles. The lowest BCUT2D eigenvalue weighted by molar-refractivity contribution is 0.00991. The zero-order valence-corrected chi connectivity index (χ0v) is 16.6. The van der Waals surface area contributed by atoms with Crippen molar-refractivity contribution in [1.29, 1.82) is 0 Å².